The molecule has 1 aliphatic rings. The molecule has 1 aromatic carbocycles. The van der Waals surface area contributed by atoms with Crippen LogP contribution in [0.5, 0.6) is 5.88 Å². The predicted octanol–water partition coefficient (Wildman–Crippen LogP) is 3.37. The van der Waals surface area contributed by atoms with E-state index in [1.54, 1.807) is 38.1 Å². The van der Waals surface area contributed by atoms with Crippen molar-refractivity contribution in [3.8, 4) is 17.0 Å². The van der Waals surface area contributed by atoms with Gasteiger partial charge in [-0.05, 0) is 31.5 Å². The van der Waals surface area contributed by atoms with Gasteiger partial charge in [0.15, 0.2) is 12.3 Å². The maximum absolute atomic E-state index is 13.6. The molecule has 0 saturated heterocycles. The minimum Gasteiger partial charge on any atom is -0.471 e. The van der Waals surface area contributed by atoms with Gasteiger partial charge in [-0.1, -0.05) is 23.7 Å². The van der Waals surface area contributed by atoms with E-state index < -0.39 is 25.0 Å². The molecular formula is C16H16ClF2N3O2. The van der Waals surface area contributed by atoms with Crippen molar-refractivity contribution in [2.24, 2.45) is 0 Å². The van der Waals surface area contributed by atoms with Gasteiger partial charge in [-0.2, -0.15) is 5.10 Å². The molecule has 128 valence electrons. The van der Waals surface area contributed by atoms with Crippen LogP contribution in [0, 0.1) is 0 Å². The number of benzene rings is 1. The molecule has 0 saturated carbocycles. The molecule has 0 fully saturated rings. The third kappa shape index (κ3) is 3.21. The van der Waals surface area contributed by atoms with Crippen molar-refractivity contribution in [3.63, 3.8) is 0 Å². The SMILES string of the molecule is CC(C)NC(=O)c1nn2c(c1-c1ccc(Cl)cc1)OCC(F)(F)C2. The highest BCUT2D eigenvalue weighted by Gasteiger charge is 2.39. The number of aromatic nitrogens is 2. The number of nitrogens with zero attached hydrogens (tertiary/aromatic N) is 2. The molecule has 1 N–H and O–H groups in total. The number of fused-ring (bicyclic) bond motifs is 1. The van der Waals surface area contributed by atoms with Gasteiger partial charge in [-0.15, -0.1) is 0 Å². The molecule has 3 rings (SSSR count). The first-order valence-electron chi connectivity index (χ1n) is 7.45. The number of carbonyl (C=O) groups excluding carboxylic acids is 1. The first-order valence-corrected chi connectivity index (χ1v) is 7.83. The van der Waals surface area contributed by atoms with Crippen LogP contribution < -0.4 is 10.1 Å². The van der Waals surface area contributed by atoms with Crippen molar-refractivity contribution >= 4 is 17.5 Å². The molecule has 5 nitrogen and oxygen atoms in total. The van der Waals surface area contributed by atoms with Crippen molar-refractivity contribution in [1.29, 1.82) is 0 Å². The van der Waals surface area contributed by atoms with Gasteiger partial charge in [0.1, 0.15) is 6.54 Å². The molecular weight excluding hydrogens is 340 g/mol. The van der Waals surface area contributed by atoms with Crippen molar-refractivity contribution in [2.75, 3.05) is 6.61 Å². The molecule has 2 aromatic rings. The number of rotatable bonds is 3. The Kier molecular flexibility index (Phi) is 4.21. The second-order valence-electron chi connectivity index (χ2n) is 5.97. The highest BCUT2D eigenvalue weighted by molar-refractivity contribution is 6.30. The van der Waals surface area contributed by atoms with Gasteiger partial charge in [0.2, 0.25) is 5.88 Å². The molecule has 1 aromatic heterocycles. The number of ether oxygens (including phenoxy) is 1. The molecule has 2 heterocycles. The predicted molar refractivity (Wildman–Crippen MR) is 85.7 cm³/mol. The molecule has 24 heavy (non-hydrogen) atoms. The Balaban J connectivity index is 2.12. The van der Waals surface area contributed by atoms with Crippen LogP contribution in [0.25, 0.3) is 11.1 Å². The highest BCUT2D eigenvalue weighted by Crippen LogP contribution is 2.38. The molecule has 0 bridgehead atoms. The summed E-state index contributed by atoms with van der Waals surface area (Å²) in [4.78, 5) is 12.4. The minimum absolute atomic E-state index is 0.0544. The van der Waals surface area contributed by atoms with Crippen LogP contribution in [-0.2, 0) is 6.54 Å². The molecule has 0 aliphatic carbocycles. The van der Waals surface area contributed by atoms with Crippen molar-refractivity contribution in [1.82, 2.24) is 15.1 Å². The highest BCUT2D eigenvalue weighted by atomic mass is 35.5. The first kappa shape index (κ1) is 16.7. The first-order chi connectivity index (χ1) is 11.3. The normalized spacial score (nSPS) is 15.8. The van der Waals surface area contributed by atoms with Gasteiger partial charge in [0.05, 0.1) is 5.56 Å². The fourth-order valence-electron chi connectivity index (χ4n) is 2.51. The third-order valence-electron chi connectivity index (χ3n) is 3.47. The lowest BCUT2D eigenvalue weighted by molar-refractivity contribution is -0.0793. The summed E-state index contributed by atoms with van der Waals surface area (Å²) in [7, 11) is 0. The molecule has 0 unspecified atom stereocenters. The third-order valence-corrected chi connectivity index (χ3v) is 3.73. The number of halogens is 3. The summed E-state index contributed by atoms with van der Waals surface area (Å²) in [5.41, 5.74) is 1.07. The number of hydrogen-bond donors (Lipinski definition) is 1. The summed E-state index contributed by atoms with van der Waals surface area (Å²) in [6.45, 7) is 2.24. The average molecular weight is 356 g/mol. The smallest absolute Gasteiger partial charge is 0.300 e. The number of alkyl halides is 2. The standard InChI is InChI=1S/C16H16ClF2N3O2/c1-9(2)20-14(23)13-12(10-3-5-11(17)6-4-10)15-22(21-13)7-16(18,19)8-24-15/h3-6,9H,7-8H2,1-2H3,(H,20,23). The quantitative estimate of drug-likeness (QED) is 0.918. The Morgan fingerprint density at radius 2 is 2.04 bits per heavy atom. The number of nitrogens with one attached hydrogen (secondary N) is 1. The molecule has 0 atom stereocenters. The summed E-state index contributed by atoms with van der Waals surface area (Å²) < 4.78 is 33.4. The molecule has 8 heteroatoms. The van der Waals surface area contributed by atoms with Gasteiger partial charge in [-0.25, -0.2) is 13.5 Å². The van der Waals surface area contributed by atoms with Crippen LogP contribution in [0.3, 0.4) is 0 Å². The lowest BCUT2D eigenvalue weighted by Gasteiger charge is -2.24. The maximum atomic E-state index is 13.6. The summed E-state index contributed by atoms with van der Waals surface area (Å²) in [6, 6.07) is 6.59. The van der Waals surface area contributed by atoms with Crippen LogP contribution in [0.15, 0.2) is 24.3 Å². The second kappa shape index (κ2) is 6.05. The molecule has 1 aliphatic heterocycles. The van der Waals surface area contributed by atoms with Crippen LogP contribution in [-0.4, -0.2) is 34.3 Å². The molecule has 0 spiro atoms. The molecule has 0 radical (unpaired) electrons. The Hall–Kier alpha value is -2.15. The summed E-state index contributed by atoms with van der Waals surface area (Å²) in [6.07, 6.45) is 0. The Bertz CT molecular complexity index is 772. The van der Waals surface area contributed by atoms with Crippen molar-refractivity contribution in [2.45, 2.75) is 32.4 Å². The number of hydrogen-bond acceptors (Lipinski definition) is 3. The topological polar surface area (TPSA) is 56.2 Å². The summed E-state index contributed by atoms with van der Waals surface area (Å²) in [5.74, 6) is -3.30. The monoisotopic (exact) mass is 355 g/mol. The number of amides is 1. The van der Waals surface area contributed by atoms with Crippen molar-refractivity contribution in [3.05, 3.63) is 35.0 Å². The van der Waals surface area contributed by atoms with Gasteiger partial charge in [0, 0.05) is 11.1 Å². The lowest BCUT2D eigenvalue weighted by Crippen LogP contribution is -2.36. The van der Waals surface area contributed by atoms with Crippen molar-refractivity contribution < 1.29 is 18.3 Å². The van der Waals surface area contributed by atoms with Crippen LogP contribution in [0.4, 0.5) is 8.78 Å². The Morgan fingerprint density at radius 1 is 1.38 bits per heavy atom. The largest absolute Gasteiger partial charge is 0.471 e. The zero-order valence-corrected chi connectivity index (χ0v) is 13.9. The zero-order valence-electron chi connectivity index (χ0n) is 13.1. The van der Waals surface area contributed by atoms with E-state index in [0.29, 0.717) is 16.1 Å². The maximum Gasteiger partial charge on any atom is 0.300 e. The molecule has 1 amide bonds. The Morgan fingerprint density at radius 3 is 2.67 bits per heavy atom. The van der Waals surface area contributed by atoms with Gasteiger partial charge < -0.3 is 10.1 Å². The summed E-state index contributed by atoms with van der Waals surface area (Å²) in [5, 5.41) is 7.32. The van der Waals surface area contributed by atoms with E-state index in [2.05, 4.69) is 10.4 Å². The van der Waals surface area contributed by atoms with Crippen LogP contribution >= 0.6 is 11.6 Å². The zero-order chi connectivity index (χ0) is 17.5. The summed E-state index contributed by atoms with van der Waals surface area (Å²) >= 11 is 5.89. The average Bonchev–Trinajstić information content (AvgIpc) is 2.84. The van der Waals surface area contributed by atoms with E-state index in [4.69, 9.17) is 16.3 Å². The fraction of sp³-hybridized carbons (Fsp3) is 0.375. The van der Waals surface area contributed by atoms with Gasteiger partial charge >= 0.3 is 5.92 Å². The fourth-order valence-corrected chi connectivity index (χ4v) is 2.63. The van der Waals surface area contributed by atoms with Gasteiger partial charge in [-0.3, -0.25) is 4.79 Å². The minimum atomic E-state index is -3.03. The van der Waals surface area contributed by atoms with E-state index in [-0.39, 0.29) is 17.6 Å². The lowest BCUT2D eigenvalue weighted by atomic mass is 10.0. The van der Waals surface area contributed by atoms with Crippen LogP contribution in [0.1, 0.15) is 24.3 Å². The Labute approximate surface area is 142 Å². The van der Waals surface area contributed by atoms with E-state index in [9.17, 15) is 13.6 Å². The van der Waals surface area contributed by atoms with E-state index >= 15 is 0 Å². The second-order valence-corrected chi connectivity index (χ2v) is 6.40. The van der Waals surface area contributed by atoms with Gasteiger partial charge in [0.25, 0.3) is 5.91 Å². The number of carbonyl (C=O) groups is 1. The van der Waals surface area contributed by atoms with E-state index in [0.717, 1.165) is 4.68 Å². The van der Waals surface area contributed by atoms with Crippen LogP contribution in [0.2, 0.25) is 5.02 Å². The van der Waals surface area contributed by atoms with E-state index in [1.807, 2.05) is 0 Å². The van der Waals surface area contributed by atoms with E-state index in [1.165, 1.54) is 0 Å².